The van der Waals surface area contributed by atoms with Crippen LogP contribution in [0.25, 0.3) is 0 Å². The van der Waals surface area contributed by atoms with E-state index in [1.165, 1.54) is 116 Å². The lowest BCUT2D eigenvalue weighted by Crippen LogP contribution is -2.14. The van der Waals surface area contributed by atoms with Gasteiger partial charge in [-0.1, -0.05) is 116 Å². The Bertz CT molecular complexity index is 296. The van der Waals surface area contributed by atoms with E-state index >= 15 is 0 Å². The lowest BCUT2D eigenvalue weighted by molar-refractivity contribution is -0.121. The molecule has 0 saturated heterocycles. The van der Waals surface area contributed by atoms with E-state index < -0.39 is 0 Å². The minimum absolute atomic E-state index is 0.521. The zero-order chi connectivity index (χ0) is 18.0. The summed E-state index contributed by atoms with van der Waals surface area (Å²) in [4.78, 5) is 11.4. The van der Waals surface area contributed by atoms with Gasteiger partial charge in [0.05, 0.1) is 0 Å². The number of carbonyl (C=O) groups is 1. The third-order valence-electron chi connectivity index (χ3n) is 6.05. The fourth-order valence-corrected chi connectivity index (χ4v) is 4.34. The molecule has 1 rings (SSSR count). The first-order valence-electron chi connectivity index (χ1n) is 11.8. The van der Waals surface area contributed by atoms with Gasteiger partial charge in [-0.05, 0) is 18.8 Å². The summed E-state index contributed by atoms with van der Waals surface area (Å²) < 4.78 is 0. The fourth-order valence-electron chi connectivity index (χ4n) is 4.34. The van der Waals surface area contributed by atoms with Gasteiger partial charge in [-0.2, -0.15) is 0 Å². The number of hydrogen-bond donors (Lipinski definition) is 0. The number of ketones is 1. The van der Waals surface area contributed by atoms with Gasteiger partial charge in [-0.25, -0.2) is 0 Å². The molecule has 148 valence electrons. The van der Waals surface area contributed by atoms with Crippen LogP contribution in [0.1, 0.15) is 142 Å². The summed E-state index contributed by atoms with van der Waals surface area (Å²) in [5.74, 6) is 1.25. The zero-order valence-electron chi connectivity index (χ0n) is 17.3. The van der Waals surface area contributed by atoms with Gasteiger partial charge in [0.2, 0.25) is 0 Å². The number of hydrogen-bond acceptors (Lipinski definition) is 1. The van der Waals surface area contributed by atoms with Crippen molar-refractivity contribution in [2.24, 2.45) is 5.92 Å². The lowest BCUT2D eigenvalue weighted by atomic mass is 9.85. The number of rotatable bonds is 17. The fraction of sp³-hybridized carbons (Fsp3) is 0.958. The summed E-state index contributed by atoms with van der Waals surface area (Å²) in [6, 6.07) is 0. The first-order chi connectivity index (χ1) is 12.3. The summed E-state index contributed by atoms with van der Waals surface area (Å²) in [5.41, 5.74) is 0. The Morgan fingerprint density at radius 2 is 1.12 bits per heavy atom. The molecule has 1 fully saturated rings. The highest BCUT2D eigenvalue weighted by Gasteiger charge is 2.18. The topological polar surface area (TPSA) is 17.1 Å². The van der Waals surface area contributed by atoms with Gasteiger partial charge in [-0.3, -0.25) is 4.79 Å². The van der Waals surface area contributed by atoms with Crippen LogP contribution in [-0.2, 0) is 4.79 Å². The molecule has 1 heteroatoms. The molecular weight excluding hydrogens is 304 g/mol. The van der Waals surface area contributed by atoms with Crippen LogP contribution in [0.4, 0.5) is 0 Å². The first kappa shape index (κ1) is 22.7. The van der Waals surface area contributed by atoms with E-state index in [0.29, 0.717) is 5.78 Å². The molecule has 0 aromatic carbocycles. The molecule has 1 atom stereocenters. The van der Waals surface area contributed by atoms with Gasteiger partial charge >= 0.3 is 0 Å². The Hall–Kier alpha value is -0.330. The van der Waals surface area contributed by atoms with E-state index in [1.807, 2.05) is 0 Å². The predicted octanol–water partition coefficient (Wildman–Crippen LogP) is 8.40. The largest absolute Gasteiger partial charge is 0.300 e. The zero-order valence-corrected chi connectivity index (χ0v) is 17.3. The van der Waals surface area contributed by atoms with Gasteiger partial charge in [0.25, 0.3) is 0 Å². The smallest absolute Gasteiger partial charge is 0.133 e. The van der Waals surface area contributed by atoms with E-state index in [1.54, 1.807) is 0 Å². The molecule has 0 N–H and O–H groups in total. The Morgan fingerprint density at radius 1 is 0.680 bits per heavy atom. The van der Waals surface area contributed by atoms with Crippen molar-refractivity contribution in [1.82, 2.24) is 0 Å². The van der Waals surface area contributed by atoms with Crippen LogP contribution in [0.3, 0.4) is 0 Å². The van der Waals surface area contributed by atoms with Gasteiger partial charge in [0.15, 0.2) is 0 Å². The second-order valence-corrected chi connectivity index (χ2v) is 8.59. The monoisotopic (exact) mass is 350 g/mol. The average molecular weight is 351 g/mol. The number of unbranched alkanes of at least 4 members (excludes halogenated alkanes) is 15. The SMILES string of the molecule is CCCCCCCCCCCCCCCCCCC1CCCC(=O)C1. The molecule has 1 aliphatic carbocycles. The summed E-state index contributed by atoms with van der Waals surface area (Å²) in [6.45, 7) is 2.29. The van der Waals surface area contributed by atoms with E-state index in [-0.39, 0.29) is 0 Å². The summed E-state index contributed by atoms with van der Waals surface area (Å²) in [5, 5.41) is 0. The molecule has 0 aromatic rings. The third-order valence-corrected chi connectivity index (χ3v) is 6.05. The molecule has 0 heterocycles. The van der Waals surface area contributed by atoms with Crippen molar-refractivity contribution < 1.29 is 4.79 Å². The molecule has 0 spiro atoms. The Morgan fingerprint density at radius 3 is 1.56 bits per heavy atom. The molecule has 25 heavy (non-hydrogen) atoms. The summed E-state index contributed by atoms with van der Waals surface area (Å²) in [7, 11) is 0. The van der Waals surface area contributed by atoms with E-state index in [9.17, 15) is 4.79 Å². The Balaban J connectivity index is 1.70. The molecule has 0 aromatic heterocycles. The normalized spacial score (nSPS) is 18.0. The maximum atomic E-state index is 11.4. The van der Waals surface area contributed by atoms with E-state index in [4.69, 9.17) is 0 Å². The van der Waals surface area contributed by atoms with Crippen molar-refractivity contribution in [2.45, 2.75) is 142 Å². The van der Waals surface area contributed by atoms with Crippen LogP contribution < -0.4 is 0 Å². The molecular formula is C24H46O. The lowest BCUT2D eigenvalue weighted by Gasteiger charge is -2.20. The van der Waals surface area contributed by atoms with Crippen molar-refractivity contribution in [3.63, 3.8) is 0 Å². The van der Waals surface area contributed by atoms with Gasteiger partial charge in [-0.15, -0.1) is 0 Å². The highest BCUT2D eigenvalue weighted by molar-refractivity contribution is 5.79. The van der Waals surface area contributed by atoms with E-state index in [2.05, 4.69) is 6.92 Å². The standard InChI is InChI=1S/C24H46O/c1-2-3-4-5-6-7-8-9-10-11-12-13-14-15-16-17-19-23-20-18-21-24(25)22-23/h23H,2-22H2,1H3. The van der Waals surface area contributed by atoms with Crippen LogP contribution in [0, 0.1) is 5.92 Å². The maximum absolute atomic E-state index is 11.4. The highest BCUT2D eigenvalue weighted by Crippen LogP contribution is 2.26. The van der Waals surface area contributed by atoms with Crippen molar-refractivity contribution in [2.75, 3.05) is 0 Å². The van der Waals surface area contributed by atoms with Crippen molar-refractivity contribution in [1.29, 1.82) is 0 Å². The minimum atomic E-state index is 0.521. The minimum Gasteiger partial charge on any atom is -0.300 e. The van der Waals surface area contributed by atoms with Crippen LogP contribution in [0.15, 0.2) is 0 Å². The average Bonchev–Trinajstić information content (AvgIpc) is 2.61. The van der Waals surface area contributed by atoms with Gasteiger partial charge in [0.1, 0.15) is 5.78 Å². The molecule has 0 aliphatic heterocycles. The second kappa shape index (κ2) is 17.1. The third kappa shape index (κ3) is 14.5. The van der Waals surface area contributed by atoms with Crippen LogP contribution in [-0.4, -0.2) is 5.78 Å². The molecule has 0 bridgehead atoms. The maximum Gasteiger partial charge on any atom is 0.133 e. The molecule has 0 amide bonds. The molecule has 0 radical (unpaired) electrons. The summed E-state index contributed by atoms with van der Waals surface area (Å²) in [6.07, 6.45) is 28.5. The summed E-state index contributed by atoms with van der Waals surface area (Å²) >= 11 is 0. The number of Topliss-reactive ketones (excluding diaryl/α,β-unsaturated/α-hetero) is 1. The Kier molecular flexibility index (Phi) is 15.5. The quantitative estimate of drug-likeness (QED) is 0.241. The van der Waals surface area contributed by atoms with E-state index in [0.717, 1.165) is 25.2 Å². The number of carbonyl (C=O) groups excluding carboxylic acids is 1. The van der Waals surface area contributed by atoms with Crippen LogP contribution >= 0.6 is 0 Å². The van der Waals surface area contributed by atoms with Crippen LogP contribution in [0.2, 0.25) is 0 Å². The van der Waals surface area contributed by atoms with Gasteiger partial charge in [0, 0.05) is 12.8 Å². The molecule has 1 unspecified atom stereocenters. The predicted molar refractivity (Wildman–Crippen MR) is 111 cm³/mol. The van der Waals surface area contributed by atoms with Gasteiger partial charge < -0.3 is 0 Å². The molecule has 1 saturated carbocycles. The van der Waals surface area contributed by atoms with Crippen LogP contribution in [0.5, 0.6) is 0 Å². The highest BCUT2D eigenvalue weighted by atomic mass is 16.1. The first-order valence-corrected chi connectivity index (χ1v) is 11.8. The molecule has 1 nitrogen and oxygen atoms in total. The van der Waals surface area contributed by atoms with Crippen molar-refractivity contribution in [3.8, 4) is 0 Å². The van der Waals surface area contributed by atoms with Crippen molar-refractivity contribution >= 4 is 5.78 Å². The molecule has 1 aliphatic rings. The Labute approximate surface area is 158 Å². The second-order valence-electron chi connectivity index (χ2n) is 8.59. The van der Waals surface area contributed by atoms with Crippen molar-refractivity contribution in [3.05, 3.63) is 0 Å².